The molecule has 1 aliphatic rings. The van der Waals surface area contributed by atoms with Gasteiger partial charge in [0.15, 0.2) is 5.17 Å². The van der Waals surface area contributed by atoms with Gasteiger partial charge in [0.2, 0.25) is 0 Å². The molecule has 43 heavy (non-hydrogen) atoms. The predicted molar refractivity (Wildman–Crippen MR) is 161 cm³/mol. The predicted octanol–water partition coefficient (Wildman–Crippen LogP) is 5.98. The number of carbonyl (C=O) groups excluding carboxylic acids is 2. The number of rotatable bonds is 7. The molecular weight excluding hydrogens is 607 g/mol. The van der Waals surface area contributed by atoms with Crippen molar-refractivity contribution in [3.63, 3.8) is 0 Å². The Bertz CT molecular complexity index is 1600. The van der Waals surface area contributed by atoms with E-state index in [1.165, 1.54) is 24.1 Å². The number of allylic oxidation sites excluding steroid dienone is 1. The molecule has 2 amide bonds. The summed E-state index contributed by atoms with van der Waals surface area (Å²) in [6, 6.07) is 8.74. The molecule has 1 aliphatic heterocycles. The molecular formula is C29H31ClF3N5O4S. The number of likely N-dealkylation sites (N-methyl/N-ethyl adjacent to an activating group) is 2. The smallest absolute Gasteiger partial charge is 0.416 e. The number of aromatic nitrogens is 2. The topological polar surface area (TPSA) is 111 Å². The highest BCUT2D eigenvalue weighted by atomic mass is 35.5. The Labute approximate surface area is 255 Å². The standard InChI is InChI=1S/C29H31ClF3N5O4S/c1-28(2,3)42-27(41)38(5)15-20(39)14-37(4)26-35-25(40)24(43-26)21(16-7-9-23-18(10-16)13-34-36-23)11-17-6-8-19(30)12-22(17)29(31,32)33/h6-10,12-13,20,39H,11,14-15H2,1-5H3,(H,34,36). The third-order valence-corrected chi connectivity index (χ3v) is 7.84. The number of aliphatic imine (C=N–C) groups is 1. The molecule has 1 unspecified atom stereocenters. The van der Waals surface area contributed by atoms with Crippen LogP contribution in [0.1, 0.15) is 37.5 Å². The van der Waals surface area contributed by atoms with Crippen LogP contribution in [0.3, 0.4) is 0 Å². The number of aliphatic hydroxyl groups is 1. The number of fused-ring (bicyclic) bond motifs is 1. The van der Waals surface area contributed by atoms with Crippen LogP contribution in [0.4, 0.5) is 18.0 Å². The van der Waals surface area contributed by atoms with Crippen LogP contribution in [0.15, 0.2) is 52.5 Å². The number of aliphatic hydroxyl groups excluding tert-OH is 1. The number of amides is 2. The number of thioether (sulfide) groups is 1. The van der Waals surface area contributed by atoms with E-state index < -0.39 is 35.4 Å². The van der Waals surface area contributed by atoms with Gasteiger partial charge in [-0.1, -0.05) is 23.7 Å². The van der Waals surface area contributed by atoms with Crippen molar-refractivity contribution in [3.05, 3.63) is 69.2 Å². The van der Waals surface area contributed by atoms with E-state index in [0.717, 1.165) is 23.3 Å². The molecule has 9 nitrogen and oxygen atoms in total. The molecule has 14 heteroatoms. The molecule has 1 aromatic heterocycles. The van der Waals surface area contributed by atoms with Crippen molar-refractivity contribution in [2.45, 2.75) is 45.1 Å². The summed E-state index contributed by atoms with van der Waals surface area (Å²) >= 11 is 6.91. The third kappa shape index (κ3) is 8.09. The number of nitrogens with one attached hydrogen (secondary N) is 1. The number of halogens is 4. The van der Waals surface area contributed by atoms with Crippen LogP contribution in [0.2, 0.25) is 5.02 Å². The van der Waals surface area contributed by atoms with Gasteiger partial charge in [0.1, 0.15) is 5.60 Å². The maximum absolute atomic E-state index is 14.0. The van der Waals surface area contributed by atoms with E-state index in [9.17, 15) is 27.9 Å². The van der Waals surface area contributed by atoms with E-state index in [-0.39, 0.29) is 40.2 Å². The fourth-order valence-corrected chi connectivity index (χ4v) is 5.59. The molecule has 3 aromatic rings. The molecule has 0 aliphatic carbocycles. The number of amidine groups is 1. The van der Waals surface area contributed by atoms with Gasteiger partial charge >= 0.3 is 12.3 Å². The summed E-state index contributed by atoms with van der Waals surface area (Å²) in [4.78, 5) is 32.6. The lowest BCUT2D eigenvalue weighted by Gasteiger charge is -2.27. The summed E-state index contributed by atoms with van der Waals surface area (Å²) in [6.07, 6.45) is -4.91. The molecule has 2 aromatic carbocycles. The highest BCUT2D eigenvalue weighted by Gasteiger charge is 2.35. The van der Waals surface area contributed by atoms with Crippen LogP contribution in [0.25, 0.3) is 16.5 Å². The summed E-state index contributed by atoms with van der Waals surface area (Å²) < 4.78 is 47.2. The van der Waals surface area contributed by atoms with Crippen molar-refractivity contribution in [3.8, 4) is 0 Å². The quantitative estimate of drug-likeness (QED) is 0.307. The molecule has 0 fully saturated rings. The molecule has 4 rings (SSSR count). The van der Waals surface area contributed by atoms with Crippen LogP contribution in [0, 0.1) is 0 Å². The second-order valence-corrected chi connectivity index (χ2v) is 12.6. The Kier molecular flexibility index (Phi) is 9.48. The van der Waals surface area contributed by atoms with Gasteiger partial charge in [-0.2, -0.15) is 23.3 Å². The maximum atomic E-state index is 14.0. The maximum Gasteiger partial charge on any atom is 0.416 e. The number of alkyl halides is 3. The van der Waals surface area contributed by atoms with Gasteiger partial charge in [0.05, 0.1) is 34.8 Å². The zero-order chi connectivity index (χ0) is 31.7. The fourth-order valence-electron chi connectivity index (χ4n) is 4.43. The number of carbonyl (C=O) groups is 2. The minimum absolute atomic E-state index is 0.0191. The first kappa shape index (κ1) is 32.4. The minimum atomic E-state index is -4.66. The Morgan fingerprint density at radius 2 is 1.86 bits per heavy atom. The monoisotopic (exact) mass is 637 g/mol. The van der Waals surface area contributed by atoms with Gasteiger partial charge in [-0.3, -0.25) is 9.89 Å². The van der Waals surface area contributed by atoms with Crippen LogP contribution in [-0.2, 0) is 22.1 Å². The van der Waals surface area contributed by atoms with E-state index in [1.54, 1.807) is 57.1 Å². The van der Waals surface area contributed by atoms with E-state index in [0.29, 0.717) is 16.5 Å². The van der Waals surface area contributed by atoms with Crippen molar-refractivity contribution >= 4 is 57.0 Å². The Hall–Kier alpha value is -3.55. The average Bonchev–Trinajstić information content (AvgIpc) is 3.52. The molecule has 1 atom stereocenters. The van der Waals surface area contributed by atoms with Crippen molar-refractivity contribution in [1.82, 2.24) is 20.0 Å². The van der Waals surface area contributed by atoms with Gasteiger partial charge in [-0.25, -0.2) is 4.79 Å². The van der Waals surface area contributed by atoms with E-state index in [4.69, 9.17) is 16.3 Å². The van der Waals surface area contributed by atoms with Crippen LogP contribution < -0.4 is 0 Å². The molecule has 0 radical (unpaired) electrons. The van der Waals surface area contributed by atoms with E-state index in [2.05, 4.69) is 15.2 Å². The minimum Gasteiger partial charge on any atom is -0.444 e. The lowest BCUT2D eigenvalue weighted by Crippen LogP contribution is -2.42. The zero-order valence-corrected chi connectivity index (χ0v) is 25.7. The SMILES string of the molecule is CN(CC(O)CN(C)C1=NC(=O)C(=C(Cc2ccc(Cl)cc2C(F)(F)F)c2ccc3[nH]ncc3c2)S1)C(=O)OC(C)(C)C. The van der Waals surface area contributed by atoms with Crippen LogP contribution in [0.5, 0.6) is 0 Å². The van der Waals surface area contributed by atoms with E-state index in [1.807, 2.05) is 0 Å². The highest BCUT2D eigenvalue weighted by molar-refractivity contribution is 8.18. The molecule has 230 valence electrons. The number of ether oxygens (including phenoxy) is 1. The second kappa shape index (κ2) is 12.6. The lowest BCUT2D eigenvalue weighted by atomic mass is 9.93. The number of H-pyrrole nitrogens is 1. The van der Waals surface area contributed by atoms with Crippen molar-refractivity contribution in [2.24, 2.45) is 4.99 Å². The summed E-state index contributed by atoms with van der Waals surface area (Å²) in [5, 5.41) is 18.4. The molecule has 0 bridgehead atoms. The summed E-state index contributed by atoms with van der Waals surface area (Å²) in [6.45, 7) is 5.18. The van der Waals surface area contributed by atoms with Crippen molar-refractivity contribution in [2.75, 3.05) is 27.2 Å². The summed E-state index contributed by atoms with van der Waals surface area (Å²) in [5.74, 6) is -0.614. The van der Waals surface area contributed by atoms with Crippen molar-refractivity contribution < 1.29 is 32.6 Å². The number of aromatic amines is 1. The van der Waals surface area contributed by atoms with Gasteiger partial charge < -0.3 is 19.6 Å². The summed E-state index contributed by atoms with van der Waals surface area (Å²) in [7, 11) is 3.12. The van der Waals surface area contributed by atoms with Crippen LogP contribution >= 0.6 is 23.4 Å². The molecule has 0 saturated heterocycles. The average molecular weight is 638 g/mol. The van der Waals surface area contributed by atoms with Gasteiger partial charge in [0.25, 0.3) is 5.91 Å². The first-order chi connectivity index (χ1) is 20.0. The van der Waals surface area contributed by atoms with Crippen LogP contribution in [-0.4, -0.2) is 81.2 Å². The number of benzene rings is 2. The molecule has 2 N–H and O–H groups in total. The van der Waals surface area contributed by atoms with Gasteiger partial charge in [0, 0.05) is 31.0 Å². The first-order valence-electron chi connectivity index (χ1n) is 13.2. The number of hydrogen-bond acceptors (Lipinski definition) is 7. The number of hydrogen-bond donors (Lipinski definition) is 2. The summed E-state index contributed by atoms with van der Waals surface area (Å²) in [5.41, 5.74) is -0.0360. The first-order valence-corrected chi connectivity index (χ1v) is 14.4. The zero-order valence-electron chi connectivity index (χ0n) is 24.1. The third-order valence-electron chi connectivity index (χ3n) is 6.39. The number of nitrogens with zero attached hydrogens (tertiary/aromatic N) is 4. The lowest BCUT2D eigenvalue weighted by molar-refractivity contribution is -0.138. The van der Waals surface area contributed by atoms with Gasteiger partial charge in [-0.05, 0) is 79.9 Å². The molecule has 0 spiro atoms. The second-order valence-electron chi connectivity index (χ2n) is 11.2. The van der Waals surface area contributed by atoms with Crippen molar-refractivity contribution in [1.29, 1.82) is 0 Å². The molecule has 0 saturated carbocycles. The van der Waals surface area contributed by atoms with Gasteiger partial charge in [-0.15, -0.1) is 0 Å². The molecule has 2 heterocycles. The largest absolute Gasteiger partial charge is 0.444 e. The fraction of sp³-hybridized carbons (Fsp3) is 0.379. The normalized spacial score (nSPS) is 15.9. The Morgan fingerprint density at radius 3 is 2.53 bits per heavy atom. The Balaban J connectivity index is 1.61. The highest BCUT2D eigenvalue weighted by Crippen LogP contribution is 2.40. The Morgan fingerprint density at radius 1 is 1.14 bits per heavy atom. The van der Waals surface area contributed by atoms with E-state index >= 15 is 0 Å².